The molecule has 1 spiro atoms. The molecule has 9 heterocycles. The largest absolute Gasteiger partial charge is 0.378 e. The molecule has 5 saturated heterocycles. The Kier molecular flexibility index (Phi) is 11.7. The first-order chi connectivity index (χ1) is 32.5. The van der Waals surface area contributed by atoms with Crippen molar-refractivity contribution >= 4 is 45.9 Å². The first-order valence-electron chi connectivity index (χ1n) is 24.0. The van der Waals surface area contributed by atoms with Crippen LogP contribution >= 0.6 is 0 Å². The first kappa shape index (κ1) is 44.0. The fourth-order valence-corrected chi connectivity index (χ4v) is 12.0. The molecular formula is C47H58F2N12O6. The van der Waals surface area contributed by atoms with Crippen LogP contribution in [0, 0.1) is 11.8 Å². The Labute approximate surface area is 385 Å². The zero-order valence-corrected chi connectivity index (χ0v) is 37.8. The van der Waals surface area contributed by atoms with Crippen molar-refractivity contribution in [3.05, 3.63) is 70.2 Å². The van der Waals surface area contributed by atoms with Crippen LogP contribution in [0.15, 0.2) is 47.7 Å². The fraction of sp³-hybridized carbons (Fsp3) is 0.596. The van der Waals surface area contributed by atoms with Crippen LogP contribution in [0.5, 0.6) is 0 Å². The minimum Gasteiger partial charge on any atom is -0.378 e. The van der Waals surface area contributed by atoms with Gasteiger partial charge in [0.05, 0.1) is 54.4 Å². The normalized spacial score (nSPS) is 25.4. The molecule has 2 unspecified atom stereocenters. The number of alkyl halides is 2. The highest BCUT2D eigenvalue weighted by molar-refractivity contribution is 6.08. The second-order valence-electron chi connectivity index (χ2n) is 19.8. The van der Waals surface area contributed by atoms with Crippen molar-refractivity contribution < 1.29 is 32.6 Å². The number of imidazole rings is 1. The number of halogens is 2. The monoisotopic (exact) mass is 924 g/mol. The van der Waals surface area contributed by atoms with Crippen LogP contribution in [-0.4, -0.2) is 139 Å². The molecule has 1 aliphatic carbocycles. The second-order valence-corrected chi connectivity index (χ2v) is 19.8. The number of likely N-dealkylation sites (tertiary alicyclic amines) is 2. The third-order valence-corrected chi connectivity index (χ3v) is 15.4. The lowest BCUT2D eigenvalue weighted by Gasteiger charge is -2.49. The number of amides is 3. The summed E-state index contributed by atoms with van der Waals surface area (Å²) < 4.78 is 47.0. The van der Waals surface area contributed by atoms with E-state index in [9.17, 15) is 28.0 Å². The van der Waals surface area contributed by atoms with Crippen molar-refractivity contribution in [3.8, 4) is 0 Å². The Hall–Kier alpha value is -5.57. The van der Waals surface area contributed by atoms with Crippen LogP contribution in [-0.2, 0) is 26.1 Å². The Morgan fingerprint density at radius 1 is 0.955 bits per heavy atom. The zero-order chi connectivity index (χ0) is 46.0. The number of nitrogens with one attached hydrogen (secondary N) is 2. The molecule has 2 atom stereocenters. The van der Waals surface area contributed by atoms with Crippen LogP contribution in [0.2, 0.25) is 0 Å². The Bertz CT molecular complexity index is 2740. The lowest BCUT2D eigenvalue weighted by atomic mass is 9.82. The average molecular weight is 925 g/mol. The van der Waals surface area contributed by atoms with Crippen LogP contribution in [0.3, 0.4) is 0 Å². The number of para-hydroxylation sites is 1. The minimum atomic E-state index is -2.86. The molecule has 5 aromatic rings. The number of fused-ring (bicyclic) bond motifs is 2. The summed E-state index contributed by atoms with van der Waals surface area (Å²) in [6.45, 7) is 9.11. The van der Waals surface area contributed by atoms with E-state index in [4.69, 9.17) is 9.47 Å². The van der Waals surface area contributed by atoms with Gasteiger partial charge in [0.15, 0.2) is 11.3 Å². The Balaban J connectivity index is 0.642. The van der Waals surface area contributed by atoms with Gasteiger partial charge in [-0.15, -0.1) is 0 Å². The van der Waals surface area contributed by atoms with E-state index in [-0.39, 0.29) is 40.9 Å². The molecule has 67 heavy (non-hydrogen) atoms. The Morgan fingerprint density at radius 3 is 2.49 bits per heavy atom. The third kappa shape index (κ3) is 8.43. The van der Waals surface area contributed by atoms with Gasteiger partial charge in [-0.3, -0.25) is 38.4 Å². The quantitative estimate of drug-likeness (QED) is 0.180. The summed E-state index contributed by atoms with van der Waals surface area (Å²) in [5, 5.41) is 13.7. The van der Waals surface area contributed by atoms with Crippen molar-refractivity contribution in [1.29, 1.82) is 0 Å². The summed E-state index contributed by atoms with van der Waals surface area (Å²) in [4.78, 5) is 63.4. The van der Waals surface area contributed by atoms with Gasteiger partial charge < -0.3 is 24.6 Å². The van der Waals surface area contributed by atoms with Gasteiger partial charge >= 0.3 is 5.69 Å². The van der Waals surface area contributed by atoms with Gasteiger partial charge in [0.2, 0.25) is 11.8 Å². The van der Waals surface area contributed by atoms with Crippen molar-refractivity contribution in [2.75, 3.05) is 82.4 Å². The van der Waals surface area contributed by atoms with E-state index in [1.165, 1.54) is 10.7 Å². The molecule has 20 heteroatoms. The SMILES string of the molecule is Cn1c(=O)n(C2CCC(=O)NC2=O)c2cccc(C3CCN(CC4COC5(C4)CN(CC4CCC(n6cc(NC(=O)c7cnn8ccc(N9CCOCC9)nc78)c(C(F)F)n6)CC4)C5)CC3)c21. The molecule has 18 nitrogen and oxygen atoms in total. The number of imide groups is 1. The third-order valence-electron chi connectivity index (χ3n) is 15.4. The number of hydrogen-bond acceptors (Lipinski definition) is 12. The molecule has 6 aliphatic rings. The van der Waals surface area contributed by atoms with Gasteiger partial charge in [-0.05, 0) is 99.9 Å². The van der Waals surface area contributed by atoms with Gasteiger partial charge in [-0.25, -0.2) is 23.1 Å². The number of morpholine rings is 1. The Morgan fingerprint density at radius 2 is 1.73 bits per heavy atom. The van der Waals surface area contributed by atoms with E-state index < -0.39 is 30.0 Å². The van der Waals surface area contributed by atoms with Crippen LogP contribution in [0.25, 0.3) is 16.7 Å². The number of ether oxygens (including phenoxy) is 2. The van der Waals surface area contributed by atoms with Crippen LogP contribution in [0.4, 0.5) is 20.3 Å². The summed E-state index contributed by atoms with van der Waals surface area (Å²) >= 11 is 0. The second kappa shape index (κ2) is 17.8. The number of carbonyl (C=O) groups excluding carboxylic acids is 3. The number of anilines is 2. The number of carbonyl (C=O) groups is 3. The highest BCUT2D eigenvalue weighted by atomic mass is 19.3. The van der Waals surface area contributed by atoms with Crippen LogP contribution < -0.4 is 21.2 Å². The van der Waals surface area contributed by atoms with E-state index in [2.05, 4.69) is 46.6 Å². The lowest BCUT2D eigenvalue weighted by Crippen LogP contribution is -2.62. The molecular weight excluding hydrogens is 867 g/mol. The molecule has 1 saturated carbocycles. The van der Waals surface area contributed by atoms with Gasteiger partial charge in [-0.2, -0.15) is 10.2 Å². The minimum absolute atomic E-state index is 0.000495. The highest BCUT2D eigenvalue weighted by Gasteiger charge is 2.50. The molecule has 11 rings (SSSR count). The number of benzene rings is 1. The van der Waals surface area contributed by atoms with Crippen molar-refractivity contribution in [2.45, 2.75) is 87.8 Å². The molecule has 5 aliphatic heterocycles. The zero-order valence-electron chi connectivity index (χ0n) is 37.8. The summed E-state index contributed by atoms with van der Waals surface area (Å²) in [6, 6.07) is 7.11. The summed E-state index contributed by atoms with van der Waals surface area (Å²) in [7, 11) is 1.77. The maximum absolute atomic E-state index is 14.3. The summed E-state index contributed by atoms with van der Waals surface area (Å²) in [5.41, 5.74) is 2.54. The molecule has 3 amide bonds. The molecule has 4 aromatic heterocycles. The van der Waals surface area contributed by atoms with Crippen molar-refractivity contribution in [3.63, 3.8) is 0 Å². The van der Waals surface area contributed by atoms with E-state index >= 15 is 0 Å². The molecule has 1 aromatic carbocycles. The van der Waals surface area contributed by atoms with Gasteiger partial charge in [0, 0.05) is 65.1 Å². The molecule has 356 valence electrons. The van der Waals surface area contributed by atoms with E-state index in [0.29, 0.717) is 61.9 Å². The lowest BCUT2D eigenvalue weighted by molar-refractivity contribution is -0.135. The number of aryl methyl sites for hydroxylation is 1. The van der Waals surface area contributed by atoms with E-state index in [0.717, 1.165) is 107 Å². The number of nitrogens with zero attached hydrogens (tertiary/aromatic N) is 10. The fourth-order valence-electron chi connectivity index (χ4n) is 12.0. The predicted octanol–water partition coefficient (Wildman–Crippen LogP) is 4.29. The molecule has 2 N–H and O–H groups in total. The van der Waals surface area contributed by atoms with Crippen molar-refractivity contribution in [1.82, 2.24) is 48.6 Å². The smallest absolute Gasteiger partial charge is 0.329 e. The van der Waals surface area contributed by atoms with Gasteiger partial charge in [0.25, 0.3) is 12.3 Å². The maximum atomic E-state index is 14.3. The molecule has 0 bridgehead atoms. The number of hydrogen-bond donors (Lipinski definition) is 2. The first-order valence-corrected chi connectivity index (χ1v) is 24.0. The molecule has 0 radical (unpaired) electrons. The summed E-state index contributed by atoms with van der Waals surface area (Å²) in [5.74, 6) is 0.693. The maximum Gasteiger partial charge on any atom is 0.329 e. The van der Waals surface area contributed by atoms with E-state index in [1.54, 1.807) is 33.3 Å². The highest BCUT2D eigenvalue weighted by Crippen LogP contribution is 2.42. The number of aromatic nitrogens is 7. The summed E-state index contributed by atoms with van der Waals surface area (Å²) in [6.07, 6.45) is 8.96. The molecule has 6 fully saturated rings. The standard InChI is InChI=1S/C47H58F2N12O6/c1-55-41-33(3-2-4-36(41)61(46(55)65)37-9-10-39(62)53-45(37)64)31-11-14-56(15-12-31)24-30-21-47(67-26-30)27-57(28-47)23-29-5-7-32(8-6-29)60-25-35(40(54-60)42(48)49)51-44(63)34-22-50-59-16-13-38(52-43(34)59)58-17-19-66-20-18-58/h2-4,13,16,22,25,29-32,37,42H,5-12,14-15,17-21,23-24,26-28H2,1H3,(H,51,63)(H,53,62,64). The number of rotatable bonds is 11. The number of piperidine rings is 2. The average Bonchev–Trinajstić information content (AvgIpc) is 4.11. The predicted molar refractivity (Wildman–Crippen MR) is 242 cm³/mol. The topological polar surface area (TPSA) is 178 Å². The van der Waals surface area contributed by atoms with E-state index in [1.807, 2.05) is 18.2 Å². The van der Waals surface area contributed by atoms with Gasteiger partial charge in [-0.1, -0.05) is 12.1 Å². The van der Waals surface area contributed by atoms with Gasteiger partial charge in [0.1, 0.15) is 17.4 Å². The van der Waals surface area contributed by atoms with Crippen molar-refractivity contribution in [2.24, 2.45) is 18.9 Å². The van der Waals surface area contributed by atoms with Crippen LogP contribution in [0.1, 0.15) is 104 Å².